The number of hydrogen-bond donors (Lipinski definition) is 5. The van der Waals surface area contributed by atoms with E-state index in [1.165, 1.54) is 0 Å². The molecule has 0 spiro atoms. The normalized spacial score (nSPS) is 18.3. The van der Waals surface area contributed by atoms with E-state index >= 15 is 0 Å². The molecule has 9 heteroatoms. The molecule has 1 aromatic carbocycles. The van der Waals surface area contributed by atoms with Crippen LogP contribution in [-0.4, -0.2) is 64.3 Å². The topological polar surface area (TPSA) is 160 Å². The van der Waals surface area contributed by atoms with Crippen LogP contribution in [0.3, 0.4) is 0 Å². The quantitative estimate of drug-likeness (QED) is 0.459. The van der Waals surface area contributed by atoms with Gasteiger partial charge in [-0.05, 0) is 18.6 Å². The van der Waals surface area contributed by atoms with E-state index in [0.29, 0.717) is 6.61 Å². The summed E-state index contributed by atoms with van der Waals surface area (Å²) in [5, 5.41) is 32.5. The molecule has 0 amide bonds. The lowest BCUT2D eigenvalue weighted by Gasteiger charge is -2.23. The van der Waals surface area contributed by atoms with Gasteiger partial charge in [-0.25, -0.2) is 9.59 Å². The Labute approximate surface area is 131 Å². The summed E-state index contributed by atoms with van der Waals surface area (Å²) in [6, 6.07) is 5.89. The molecule has 0 fully saturated rings. The third kappa shape index (κ3) is 5.09. The highest BCUT2D eigenvalue weighted by Crippen LogP contribution is 2.31. The highest BCUT2D eigenvalue weighted by atomic mass is 16.5. The molecule has 23 heavy (non-hydrogen) atoms. The lowest BCUT2D eigenvalue weighted by atomic mass is 10.0. The van der Waals surface area contributed by atoms with Crippen molar-refractivity contribution in [2.45, 2.75) is 24.7 Å². The lowest BCUT2D eigenvalue weighted by Crippen LogP contribution is -2.39. The average molecular weight is 329 g/mol. The van der Waals surface area contributed by atoms with E-state index in [1.807, 2.05) is 18.2 Å². The summed E-state index contributed by atoms with van der Waals surface area (Å²) in [7, 11) is 1.66. The van der Waals surface area contributed by atoms with Crippen molar-refractivity contribution in [3.63, 3.8) is 0 Å². The van der Waals surface area contributed by atoms with Crippen LogP contribution in [0.15, 0.2) is 18.2 Å². The second kappa shape index (κ2) is 8.32. The largest absolute Gasteiger partial charge is 0.496 e. The maximum atomic E-state index is 9.77. The Morgan fingerprint density at radius 1 is 1.26 bits per heavy atom. The number of methoxy groups -OCH3 is 1. The van der Waals surface area contributed by atoms with E-state index in [4.69, 9.17) is 35.6 Å². The summed E-state index contributed by atoms with van der Waals surface area (Å²) in [4.78, 5) is 19.5. The molecule has 0 bridgehead atoms. The summed E-state index contributed by atoms with van der Waals surface area (Å²) in [5.41, 5.74) is 6.88. The van der Waals surface area contributed by atoms with Gasteiger partial charge in [-0.3, -0.25) is 0 Å². The summed E-state index contributed by atoms with van der Waals surface area (Å²) >= 11 is 0. The van der Waals surface area contributed by atoms with Crippen molar-refractivity contribution in [1.29, 1.82) is 0 Å². The van der Waals surface area contributed by atoms with Crippen LogP contribution in [0.2, 0.25) is 0 Å². The van der Waals surface area contributed by atoms with Gasteiger partial charge in [0, 0.05) is 11.6 Å². The number of carboxylic acid groups (broad SMARTS) is 2. The number of nitrogens with two attached hydrogens (primary N) is 1. The number of rotatable bonds is 4. The minimum absolute atomic E-state index is 0.0869. The van der Waals surface area contributed by atoms with Gasteiger partial charge < -0.3 is 35.6 Å². The van der Waals surface area contributed by atoms with Gasteiger partial charge in [-0.2, -0.15) is 0 Å². The molecule has 1 heterocycles. The molecule has 0 saturated carbocycles. The SMILES string of the molecule is COc1cccc2c1CC(N)CO2.O=C(O)C(O)C(O)C(=O)O. The van der Waals surface area contributed by atoms with Gasteiger partial charge in [-0.1, -0.05) is 6.07 Å². The Morgan fingerprint density at radius 3 is 2.30 bits per heavy atom. The average Bonchev–Trinajstić information content (AvgIpc) is 2.53. The zero-order valence-electron chi connectivity index (χ0n) is 12.4. The van der Waals surface area contributed by atoms with Crippen LogP contribution >= 0.6 is 0 Å². The van der Waals surface area contributed by atoms with Crippen LogP contribution in [0, 0.1) is 0 Å². The molecule has 1 aliphatic rings. The fraction of sp³-hybridized carbons (Fsp3) is 0.429. The van der Waals surface area contributed by atoms with Gasteiger partial charge in [0.25, 0.3) is 0 Å². The molecule has 2 rings (SSSR count). The molecular weight excluding hydrogens is 310 g/mol. The molecule has 0 saturated heterocycles. The van der Waals surface area contributed by atoms with E-state index in [0.717, 1.165) is 23.5 Å². The number of fused-ring (bicyclic) bond motifs is 1. The highest BCUT2D eigenvalue weighted by molar-refractivity contribution is 5.83. The lowest BCUT2D eigenvalue weighted by molar-refractivity contribution is -0.165. The number of hydrogen-bond acceptors (Lipinski definition) is 7. The maximum absolute atomic E-state index is 9.77. The van der Waals surface area contributed by atoms with Crippen LogP contribution in [0.5, 0.6) is 11.5 Å². The van der Waals surface area contributed by atoms with Crippen molar-refractivity contribution < 1.29 is 39.5 Å². The first-order valence-corrected chi connectivity index (χ1v) is 6.64. The van der Waals surface area contributed by atoms with E-state index in [-0.39, 0.29) is 6.04 Å². The van der Waals surface area contributed by atoms with Gasteiger partial charge in [0.2, 0.25) is 0 Å². The predicted molar refractivity (Wildman–Crippen MR) is 77.5 cm³/mol. The molecule has 9 nitrogen and oxygen atoms in total. The molecular formula is C14H19NO8. The van der Waals surface area contributed by atoms with Crippen LogP contribution in [-0.2, 0) is 16.0 Å². The minimum Gasteiger partial charge on any atom is -0.496 e. The van der Waals surface area contributed by atoms with Crippen molar-refractivity contribution in [3.05, 3.63) is 23.8 Å². The second-order valence-electron chi connectivity index (χ2n) is 4.78. The number of benzene rings is 1. The van der Waals surface area contributed by atoms with Gasteiger partial charge in [0.1, 0.15) is 18.1 Å². The first-order chi connectivity index (χ1) is 10.8. The van der Waals surface area contributed by atoms with Crippen molar-refractivity contribution in [1.82, 2.24) is 0 Å². The van der Waals surface area contributed by atoms with E-state index in [1.54, 1.807) is 7.11 Å². The van der Waals surface area contributed by atoms with Crippen molar-refractivity contribution in [2.24, 2.45) is 5.73 Å². The number of carboxylic acids is 2. The minimum atomic E-state index is -2.27. The van der Waals surface area contributed by atoms with Gasteiger partial charge in [-0.15, -0.1) is 0 Å². The zero-order chi connectivity index (χ0) is 17.6. The van der Waals surface area contributed by atoms with Gasteiger partial charge in [0.15, 0.2) is 12.2 Å². The molecule has 128 valence electrons. The van der Waals surface area contributed by atoms with Crippen LogP contribution in [0.1, 0.15) is 5.56 Å². The molecule has 0 aromatic heterocycles. The smallest absolute Gasteiger partial charge is 0.335 e. The Balaban J connectivity index is 0.000000241. The Bertz CT molecular complexity index is 529. The fourth-order valence-corrected chi connectivity index (χ4v) is 1.86. The summed E-state index contributed by atoms with van der Waals surface area (Å²) in [5.74, 6) is -1.77. The summed E-state index contributed by atoms with van der Waals surface area (Å²) in [6.45, 7) is 0.597. The molecule has 0 aliphatic carbocycles. The third-order valence-corrected chi connectivity index (χ3v) is 3.03. The number of ether oxygens (including phenoxy) is 2. The summed E-state index contributed by atoms with van der Waals surface area (Å²) < 4.78 is 10.7. The zero-order valence-corrected chi connectivity index (χ0v) is 12.4. The van der Waals surface area contributed by atoms with E-state index in [9.17, 15) is 9.59 Å². The second-order valence-corrected chi connectivity index (χ2v) is 4.78. The fourth-order valence-electron chi connectivity index (χ4n) is 1.86. The van der Waals surface area contributed by atoms with Gasteiger partial charge in [0.05, 0.1) is 7.11 Å². The number of aliphatic hydroxyl groups is 2. The first-order valence-electron chi connectivity index (χ1n) is 6.64. The molecule has 6 N–H and O–H groups in total. The molecule has 0 radical (unpaired) electrons. The maximum Gasteiger partial charge on any atom is 0.335 e. The Kier molecular flexibility index (Phi) is 6.76. The van der Waals surface area contributed by atoms with Crippen molar-refractivity contribution in [3.8, 4) is 11.5 Å². The monoisotopic (exact) mass is 329 g/mol. The summed E-state index contributed by atoms with van der Waals surface area (Å²) in [6.07, 6.45) is -3.70. The standard InChI is InChI=1S/C10H13NO2.C4H6O6/c1-12-9-3-2-4-10-8(9)5-7(11)6-13-10;5-1(3(7)8)2(6)4(9)10/h2-4,7H,5-6,11H2,1H3;1-2,5-6H,(H,7,8)(H,9,10). The predicted octanol–water partition coefficient (Wildman–Crippen LogP) is -1.17. The number of carbonyl (C=O) groups is 2. The number of aliphatic carboxylic acids is 2. The van der Waals surface area contributed by atoms with E-state index < -0.39 is 24.1 Å². The van der Waals surface area contributed by atoms with Crippen LogP contribution < -0.4 is 15.2 Å². The number of aliphatic hydroxyl groups excluding tert-OH is 2. The molecule has 3 unspecified atom stereocenters. The van der Waals surface area contributed by atoms with Crippen molar-refractivity contribution >= 4 is 11.9 Å². The van der Waals surface area contributed by atoms with Crippen LogP contribution in [0.25, 0.3) is 0 Å². The molecule has 1 aliphatic heterocycles. The molecule has 3 atom stereocenters. The third-order valence-electron chi connectivity index (χ3n) is 3.03. The van der Waals surface area contributed by atoms with E-state index in [2.05, 4.69) is 0 Å². The Hall–Kier alpha value is -2.36. The van der Waals surface area contributed by atoms with Gasteiger partial charge >= 0.3 is 11.9 Å². The molecule has 1 aromatic rings. The first kappa shape index (κ1) is 18.7. The van der Waals surface area contributed by atoms with Crippen molar-refractivity contribution in [2.75, 3.05) is 13.7 Å². The Morgan fingerprint density at radius 2 is 1.83 bits per heavy atom. The highest BCUT2D eigenvalue weighted by Gasteiger charge is 2.29. The van der Waals surface area contributed by atoms with Crippen LogP contribution in [0.4, 0.5) is 0 Å².